The summed E-state index contributed by atoms with van der Waals surface area (Å²) in [6.07, 6.45) is -3.55. The van der Waals surface area contributed by atoms with E-state index in [0.29, 0.717) is 0 Å². The molecule has 2 atom stereocenters. The molecular weight excluding hydrogens is 247 g/mol. The first kappa shape index (κ1) is 14.0. The molecule has 0 aliphatic rings. The first-order valence-electron chi connectivity index (χ1n) is 4.91. The van der Waals surface area contributed by atoms with Crippen LogP contribution >= 0.6 is 0 Å². The van der Waals surface area contributed by atoms with Gasteiger partial charge in [0.1, 0.15) is 6.10 Å². The van der Waals surface area contributed by atoms with E-state index in [4.69, 9.17) is 5.73 Å². The molecule has 0 aliphatic heterocycles. The van der Waals surface area contributed by atoms with E-state index in [2.05, 4.69) is 0 Å². The summed E-state index contributed by atoms with van der Waals surface area (Å²) in [5, 5.41) is 29.4. The smallest absolute Gasteiger partial charge is 0.304 e. The Hall–Kier alpha value is -2.06. The molecule has 1 aromatic carbocycles. The highest BCUT2D eigenvalue weighted by Gasteiger charge is 2.23. The number of benzene rings is 1. The van der Waals surface area contributed by atoms with Gasteiger partial charge in [-0.05, 0) is 17.7 Å². The Morgan fingerprint density at radius 2 is 2.11 bits per heavy atom. The molecule has 0 fully saturated rings. The number of nitro groups is 1. The average Bonchev–Trinajstić information content (AvgIpc) is 2.26. The summed E-state index contributed by atoms with van der Waals surface area (Å²) in [4.78, 5) is 20.0. The minimum atomic E-state index is -1.55. The highest BCUT2D eigenvalue weighted by Crippen LogP contribution is 2.24. The SMILES string of the molecule is NC(=O)CC(O)C(O)c1ccc([N+](=O)[O-])c(F)c1. The number of nitrogens with zero attached hydrogens (tertiary/aromatic N) is 1. The first-order chi connectivity index (χ1) is 8.32. The first-order valence-corrected chi connectivity index (χ1v) is 4.91. The number of hydrogen-bond donors (Lipinski definition) is 3. The van der Waals surface area contributed by atoms with Gasteiger partial charge in [-0.2, -0.15) is 4.39 Å². The molecule has 0 aromatic heterocycles. The maximum atomic E-state index is 13.3. The molecule has 0 heterocycles. The number of primary amides is 1. The largest absolute Gasteiger partial charge is 0.390 e. The average molecular weight is 258 g/mol. The van der Waals surface area contributed by atoms with E-state index in [1.54, 1.807) is 0 Å². The second-order valence-corrected chi connectivity index (χ2v) is 3.65. The molecule has 0 saturated heterocycles. The third-order valence-electron chi connectivity index (χ3n) is 2.28. The Morgan fingerprint density at radius 1 is 1.50 bits per heavy atom. The normalized spacial score (nSPS) is 13.9. The van der Waals surface area contributed by atoms with Crippen molar-refractivity contribution in [1.82, 2.24) is 0 Å². The fourth-order valence-corrected chi connectivity index (χ4v) is 1.40. The molecule has 7 nitrogen and oxygen atoms in total. The molecule has 18 heavy (non-hydrogen) atoms. The number of aliphatic hydroxyl groups is 2. The standard InChI is InChI=1S/C10H11FN2O5/c11-6-3-5(1-2-7(6)13(17)18)10(16)8(14)4-9(12)15/h1-3,8,10,14,16H,4H2,(H2,12,15). The van der Waals surface area contributed by atoms with E-state index >= 15 is 0 Å². The second kappa shape index (κ2) is 5.52. The van der Waals surface area contributed by atoms with Crippen LogP contribution in [0.4, 0.5) is 10.1 Å². The number of nitrogens with two attached hydrogens (primary N) is 1. The van der Waals surface area contributed by atoms with E-state index in [9.17, 15) is 29.5 Å². The van der Waals surface area contributed by atoms with Crippen LogP contribution in [-0.2, 0) is 4.79 Å². The second-order valence-electron chi connectivity index (χ2n) is 3.65. The number of carbonyl (C=O) groups is 1. The molecular formula is C10H11FN2O5. The number of nitro benzene ring substituents is 1. The van der Waals surface area contributed by atoms with Crippen molar-refractivity contribution < 1.29 is 24.3 Å². The summed E-state index contributed by atoms with van der Waals surface area (Å²) in [6, 6.07) is 2.69. The van der Waals surface area contributed by atoms with Gasteiger partial charge in [-0.15, -0.1) is 0 Å². The van der Waals surface area contributed by atoms with Crippen LogP contribution in [0.25, 0.3) is 0 Å². The van der Waals surface area contributed by atoms with E-state index < -0.39 is 41.0 Å². The summed E-state index contributed by atoms with van der Waals surface area (Å²) < 4.78 is 13.3. The lowest BCUT2D eigenvalue weighted by molar-refractivity contribution is -0.387. The maximum absolute atomic E-state index is 13.3. The monoisotopic (exact) mass is 258 g/mol. The lowest BCUT2D eigenvalue weighted by Crippen LogP contribution is -2.25. The van der Waals surface area contributed by atoms with E-state index in [1.807, 2.05) is 0 Å². The van der Waals surface area contributed by atoms with Gasteiger partial charge in [-0.1, -0.05) is 0 Å². The molecule has 0 spiro atoms. The summed E-state index contributed by atoms with van der Waals surface area (Å²) >= 11 is 0. The molecule has 1 aromatic rings. The highest BCUT2D eigenvalue weighted by molar-refractivity contribution is 5.74. The van der Waals surface area contributed by atoms with E-state index in [-0.39, 0.29) is 5.56 Å². The van der Waals surface area contributed by atoms with Gasteiger partial charge in [0.05, 0.1) is 17.4 Å². The summed E-state index contributed by atoms with van der Waals surface area (Å²) in [6.45, 7) is 0. The van der Waals surface area contributed by atoms with Crippen LogP contribution < -0.4 is 5.73 Å². The van der Waals surface area contributed by atoms with Crippen LogP contribution in [-0.4, -0.2) is 27.1 Å². The van der Waals surface area contributed by atoms with Gasteiger partial charge in [0.2, 0.25) is 11.7 Å². The molecule has 0 saturated carbocycles. The van der Waals surface area contributed by atoms with Crippen LogP contribution in [0.3, 0.4) is 0 Å². The van der Waals surface area contributed by atoms with Gasteiger partial charge in [-0.25, -0.2) is 0 Å². The third kappa shape index (κ3) is 3.22. The van der Waals surface area contributed by atoms with Gasteiger partial charge >= 0.3 is 5.69 Å². The Morgan fingerprint density at radius 3 is 2.56 bits per heavy atom. The zero-order valence-corrected chi connectivity index (χ0v) is 9.12. The van der Waals surface area contributed by atoms with Crippen LogP contribution in [0.5, 0.6) is 0 Å². The fraction of sp³-hybridized carbons (Fsp3) is 0.300. The van der Waals surface area contributed by atoms with E-state index in [1.165, 1.54) is 0 Å². The van der Waals surface area contributed by atoms with Gasteiger partial charge in [0, 0.05) is 6.07 Å². The van der Waals surface area contributed by atoms with Crippen molar-refractivity contribution in [2.75, 3.05) is 0 Å². The van der Waals surface area contributed by atoms with Crippen molar-refractivity contribution in [2.45, 2.75) is 18.6 Å². The molecule has 0 radical (unpaired) electrons. The summed E-state index contributed by atoms with van der Waals surface area (Å²) in [5.74, 6) is -1.97. The Labute approximate surface area is 101 Å². The van der Waals surface area contributed by atoms with Gasteiger partial charge in [0.25, 0.3) is 0 Å². The van der Waals surface area contributed by atoms with E-state index in [0.717, 1.165) is 18.2 Å². The minimum absolute atomic E-state index is 0.0770. The lowest BCUT2D eigenvalue weighted by atomic mass is 10.0. The molecule has 8 heteroatoms. The quantitative estimate of drug-likeness (QED) is 0.506. The van der Waals surface area contributed by atoms with Crippen LogP contribution in [0, 0.1) is 15.9 Å². The molecule has 1 rings (SSSR count). The van der Waals surface area contributed by atoms with Crippen molar-refractivity contribution in [2.24, 2.45) is 5.73 Å². The predicted octanol–water partition coefficient (Wildman–Crippen LogP) is 0.00360. The number of aliphatic hydroxyl groups excluding tert-OH is 2. The van der Waals surface area contributed by atoms with Crippen LogP contribution in [0.2, 0.25) is 0 Å². The zero-order valence-electron chi connectivity index (χ0n) is 9.12. The topological polar surface area (TPSA) is 127 Å². The molecule has 4 N–H and O–H groups in total. The maximum Gasteiger partial charge on any atom is 0.304 e. The lowest BCUT2D eigenvalue weighted by Gasteiger charge is -2.16. The van der Waals surface area contributed by atoms with Gasteiger partial charge in [-0.3, -0.25) is 14.9 Å². The number of amides is 1. The van der Waals surface area contributed by atoms with Gasteiger partial charge < -0.3 is 15.9 Å². The fourth-order valence-electron chi connectivity index (χ4n) is 1.40. The number of halogens is 1. The summed E-state index contributed by atoms with van der Waals surface area (Å²) in [7, 11) is 0. The predicted molar refractivity (Wildman–Crippen MR) is 57.8 cm³/mol. The van der Waals surface area contributed by atoms with Crippen molar-refractivity contribution in [1.29, 1.82) is 0 Å². The van der Waals surface area contributed by atoms with Crippen molar-refractivity contribution in [3.05, 3.63) is 39.7 Å². The van der Waals surface area contributed by atoms with Crippen molar-refractivity contribution in [3.63, 3.8) is 0 Å². The highest BCUT2D eigenvalue weighted by atomic mass is 19.1. The molecule has 1 amide bonds. The third-order valence-corrected chi connectivity index (χ3v) is 2.28. The number of rotatable bonds is 5. The summed E-state index contributed by atoms with van der Waals surface area (Å²) in [5.41, 5.74) is 4.01. The molecule has 0 aliphatic carbocycles. The molecule has 0 bridgehead atoms. The number of hydrogen-bond acceptors (Lipinski definition) is 5. The Bertz CT molecular complexity index is 479. The minimum Gasteiger partial charge on any atom is -0.390 e. The van der Waals surface area contributed by atoms with Crippen molar-refractivity contribution >= 4 is 11.6 Å². The van der Waals surface area contributed by atoms with Gasteiger partial charge in [0.15, 0.2) is 0 Å². The molecule has 2 unspecified atom stereocenters. The van der Waals surface area contributed by atoms with Crippen LogP contribution in [0.15, 0.2) is 18.2 Å². The molecule has 98 valence electrons. The Balaban J connectivity index is 2.93. The number of carbonyl (C=O) groups excluding carboxylic acids is 1. The Kier molecular flexibility index (Phi) is 4.29. The van der Waals surface area contributed by atoms with Crippen molar-refractivity contribution in [3.8, 4) is 0 Å². The zero-order chi connectivity index (χ0) is 13.9. The van der Waals surface area contributed by atoms with Crippen LogP contribution in [0.1, 0.15) is 18.1 Å².